The summed E-state index contributed by atoms with van der Waals surface area (Å²) in [6.07, 6.45) is 3.56. The van der Waals surface area contributed by atoms with E-state index in [9.17, 15) is 8.42 Å². The lowest BCUT2D eigenvalue weighted by atomic mass is 10.2. The van der Waals surface area contributed by atoms with Gasteiger partial charge in [0.1, 0.15) is 0 Å². The van der Waals surface area contributed by atoms with Gasteiger partial charge in [-0.1, -0.05) is 30.3 Å². The Hall–Kier alpha value is -0.870. The van der Waals surface area contributed by atoms with E-state index in [2.05, 4.69) is 27.8 Å². The molecule has 1 aliphatic heterocycles. The predicted octanol–water partition coefficient (Wildman–Crippen LogP) is 2.00. The molecule has 8 heteroatoms. The highest BCUT2D eigenvalue weighted by Gasteiger charge is 2.28. The number of nitrogens with one attached hydrogen (secondary N) is 2. The number of ether oxygens (including phenoxy) is 1. The molecule has 0 spiro atoms. The predicted molar refractivity (Wildman–Crippen MR) is 117 cm³/mol. The summed E-state index contributed by atoms with van der Waals surface area (Å²) >= 11 is 0. The minimum atomic E-state index is -2.87. The van der Waals surface area contributed by atoms with E-state index in [1.54, 1.807) is 7.05 Å². The third-order valence-electron chi connectivity index (χ3n) is 4.18. The lowest BCUT2D eigenvalue weighted by molar-refractivity contribution is 0.133. The van der Waals surface area contributed by atoms with Crippen molar-refractivity contribution in [2.75, 3.05) is 38.3 Å². The Balaban J connectivity index is 0.00000338. The molecule has 1 aromatic rings. The van der Waals surface area contributed by atoms with Gasteiger partial charge in [0.2, 0.25) is 0 Å². The standard InChI is InChI=1S/C18H29N3O3S.HI/c1-19-18(21-17-10-14-25(22,23)15-17)20-11-5-6-12-24-13-9-16-7-3-2-4-8-16;/h2-4,7-8,17H,5-6,9-15H2,1H3,(H2,19,20,21);1H. The van der Waals surface area contributed by atoms with Crippen molar-refractivity contribution < 1.29 is 13.2 Å². The lowest BCUT2D eigenvalue weighted by Gasteiger charge is -2.16. The zero-order chi connectivity index (χ0) is 18.0. The van der Waals surface area contributed by atoms with Crippen molar-refractivity contribution >= 4 is 39.8 Å². The van der Waals surface area contributed by atoms with Gasteiger partial charge in [0.25, 0.3) is 0 Å². The largest absolute Gasteiger partial charge is 0.381 e. The van der Waals surface area contributed by atoms with Gasteiger partial charge in [-0.25, -0.2) is 8.42 Å². The molecule has 1 saturated heterocycles. The second kappa shape index (κ2) is 12.5. The Morgan fingerprint density at radius 2 is 2.00 bits per heavy atom. The average molecular weight is 495 g/mol. The molecular formula is C18H30IN3O3S. The Morgan fingerprint density at radius 3 is 2.65 bits per heavy atom. The van der Waals surface area contributed by atoms with Gasteiger partial charge >= 0.3 is 0 Å². The Bertz CT molecular complexity index is 638. The third-order valence-corrected chi connectivity index (χ3v) is 5.95. The maximum atomic E-state index is 11.5. The van der Waals surface area contributed by atoms with Crippen LogP contribution < -0.4 is 10.6 Å². The molecule has 0 amide bonds. The minimum absolute atomic E-state index is 0. The van der Waals surface area contributed by atoms with Crippen molar-refractivity contribution in [1.29, 1.82) is 0 Å². The summed E-state index contributed by atoms with van der Waals surface area (Å²) in [5.41, 5.74) is 1.30. The molecule has 0 saturated carbocycles. The first-order valence-electron chi connectivity index (χ1n) is 8.88. The van der Waals surface area contributed by atoms with Crippen molar-refractivity contribution in [3.05, 3.63) is 35.9 Å². The zero-order valence-corrected chi connectivity index (χ0v) is 18.5. The van der Waals surface area contributed by atoms with Gasteiger partial charge in [-0.05, 0) is 31.2 Å². The summed E-state index contributed by atoms with van der Waals surface area (Å²) in [6.45, 7) is 2.29. The van der Waals surface area contributed by atoms with Crippen LogP contribution in [0.5, 0.6) is 0 Å². The summed E-state index contributed by atoms with van der Waals surface area (Å²) in [5, 5.41) is 6.41. The van der Waals surface area contributed by atoms with Crippen molar-refractivity contribution in [3.63, 3.8) is 0 Å². The normalized spacial score (nSPS) is 19.0. The smallest absolute Gasteiger partial charge is 0.191 e. The average Bonchev–Trinajstić information content (AvgIpc) is 2.95. The number of aliphatic imine (C=N–C) groups is 1. The van der Waals surface area contributed by atoms with Crippen LogP contribution in [-0.4, -0.2) is 58.7 Å². The van der Waals surface area contributed by atoms with Crippen LogP contribution in [0.25, 0.3) is 0 Å². The van der Waals surface area contributed by atoms with Crippen LogP contribution in [0.2, 0.25) is 0 Å². The van der Waals surface area contributed by atoms with Gasteiger partial charge in [-0.2, -0.15) is 0 Å². The van der Waals surface area contributed by atoms with Crippen LogP contribution >= 0.6 is 24.0 Å². The van der Waals surface area contributed by atoms with Gasteiger partial charge in [0, 0.05) is 26.2 Å². The van der Waals surface area contributed by atoms with Gasteiger partial charge in [0.05, 0.1) is 18.1 Å². The van der Waals surface area contributed by atoms with Gasteiger partial charge in [-0.15, -0.1) is 24.0 Å². The number of guanidine groups is 1. The fraction of sp³-hybridized carbons (Fsp3) is 0.611. The second-order valence-electron chi connectivity index (χ2n) is 6.30. The van der Waals surface area contributed by atoms with Crippen molar-refractivity contribution in [1.82, 2.24) is 10.6 Å². The number of hydrogen-bond acceptors (Lipinski definition) is 4. The van der Waals surface area contributed by atoms with Crippen LogP contribution in [0.15, 0.2) is 35.3 Å². The molecule has 148 valence electrons. The summed E-state index contributed by atoms with van der Waals surface area (Å²) in [6, 6.07) is 10.3. The van der Waals surface area contributed by atoms with Crippen LogP contribution in [0.4, 0.5) is 0 Å². The SMILES string of the molecule is CN=C(NCCCCOCCc1ccccc1)NC1CCS(=O)(=O)C1.I. The van der Waals surface area contributed by atoms with E-state index in [-0.39, 0.29) is 41.5 Å². The first kappa shape index (κ1) is 23.2. The minimum Gasteiger partial charge on any atom is -0.381 e. The van der Waals surface area contributed by atoms with E-state index < -0.39 is 9.84 Å². The number of benzene rings is 1. The number of sulfone groups is 1. The molecule has 0 radical (unpaired) electrons. The molecular weight excluding hydrogens is 465 g/mol. The van der Waals surface area contributed by atoms with Crippen LogP contribution in [-0.2, 0) is 21.0 Å². The molecule has 1 unspecified atom stereocenters. The lowest BCUT2D eigenvalue weighted by Crippen LogP contribution is -2.44. The molecule has 2 rings (SSSR count). The highest BCUT2D eigenvalue weighted by atomic mass is 127. The number of halogens is 1. The van der Waals surface area contributed by atoms with Crippen LogP contribution in [0.3, 0.4) is 0 Å². The number of unbranched alkanes of at least 4 members (excludes halogenated alkanes) is 1. The summed E-state index contributed by atoms with van der Waals surface area (Å²) in [4.78, 5) is 4.15. The molecule has 1 aromatic carbocycles. The first-order valence-corrected chi connectivity index (χ1v) is 10.7. The second-order valence-corrected chi connectivity index (χ2v) is 8.53. The van der Waals surface area contributed by atoms with E-state index in [0.717, 1.165) is 39.0 Å². The molecule has 26 heavy (non-hydrogen) atoms. The highest BCUT2D eigenvalue weighted by molar-refractivity contribution is 14.0. The monoisotopic (exact) mass is 495 g/mol. The van der Waals surface area contributed by atoms with Gasteiger partial charge in [-0.3, -0.25) is 4.99 Å². The maximum Gasteiger partial charge on any atom is 0.191 e. The molecule has 6 nitrogen and oxygen atoms in total. The molecule has 1 atom stereocenters. The van der Waals surface area contributed by atoms with Crippen molar-refractivity contribution in [3.8, 4) is 0 Å². The molecule has 0 aromatic heterocycles. The van der Waals surface area contributed by atoms with E-state index >= 15 is 0 Å². The molecule has 0 aliphatic carbocycles. The van der Waals surface area contributed by atoms with Gasteiger partial charge < -0.3 is 15.4 Å². The molecule has 1 fully saturated rings. The molecule has 1 heterocycles. The van der Waals surface area contributed by atoms with Crippen molar-refractivity contribution in [2.24, 2.45) is 4.99 Å². The number of hydrogen-bond donors (Lipinski definition) is 2. The number of nitrogens with zero attached hydrogens (tertiary/aromatic N) is 1. The quantitative estimate of drug-likeness (QED) is 0.237. The molecule has 2 N–H and O–H groups in total. The Morgan fingerprint density at radius 1 is 1.23 bits per heavy atom. The van der Waals surface area contributed by atoms with E-state index in [4.69, 9.17) is 4.74 Å². The Labute approximate surface area is 174 Å². The zero-order valence-electron chi connectivity index (χ0n) is 15.3. The maximum absolute atomic E-state index is 11.5. The fourth-order valence-corrected chi connectivity index (χ4v) is 4.44. The summed E-state index contributed by atoms with van der Waals surface area (Å²) < 4.78 is 28.6. The Kier molecular flexibility index (Phi) is 11.1. The summed E-state index contributed by atoms with van der Waals surface area (Å²) in [7, 11) is -1.17. The van der Waals surface area contributed by atoms with E-state index in [1.807, 2.05) is 18.2 Å². The highest BCUT2D eigenvalue weighted by Crippen LogP contribution is 2.10. The first-order chi connectivity index (χ1) is 12.1. The molecule has 0 bridgehead atoms. The topological polar surface area (TPSA) is 79.8 Å². The van der Waals surface area contributed by atoms with Crippen molar-refractivity contribution in [2.45, 2.75) is 31.7 Å². The van der Waals surface area contributed by atoms with Crippen LogP contribution in [0, 0.1) is 0 Å². The summed E-state index contributed by atoms with van der Waals surface area (Å²) in [5.74, 6) is 1.14. The van der Waals surface area contributed by atoms with Crippen LogP contribution in [0.1, 0.15) is 24.8 Å². The van der Waals surface area contributed by atoms with E-state index in [0.29, 0.717) is 12.4 Å². The fourth-order valence-electron chi connectivity index (χ4n) is 2.77. The molecule has 1 aliphatic rings. The van der Waals surface area contributed by atoms with Gasteiger partial charge in [0.15, 0.2) is 15.8 Å². The third kappa shape index (κ3) is 9.18. The van der Waals surface area contributed by atoms with E-state index in [1.165, 1.54) is 5.56 Å². The number of rotatable bonds is 9.